The molecule has 2 atom stereocenters. The van der Waals surface area contributed by atoms with Crippen molar-refractivity contribution in [2.45, 2.75) is 52.4 Å². The van der Waals surface area contributed by atoms with Crippen molar-refractivity contribution in [1.29, 1.82) is 0 Å². The van der Waals surface area contributed by atoms with E-state index in [2.05, 4.69) is 18.7 Å². The minimum absolute atomic E-state index is 0.0209. The number of carbonyl (C=O) groups is 1. The zero-order valence-electron chi connectivity index (χ0n) is 12.1. The molecule has 0 bridgehead atoms. The van der Waals surface area contributed by atoms with E-state index < -0.39 is 11.7 Å². The SMILES string of the molecule is CCN(CC)C1CN(C(=O)OC(C)(C)C)CC1O. The third kappa shape index (κ3) is 3.85. The summed E-state index contributed by atoms with van der Waals surface area (Å²) in [5.74, 6) is 0. The fourth-order valence-electron chi connectivity index (χ4n) is 2.30. The van der Waals surface area contributed by atoms with Gasteiger partial charge < -0.3 is 14.7 Å². The molecule has 106 valence electrons. The second kappa shape index (κ2) is 5.89. The minimum atomic E-state index is -0.491. The molecule has 18 heavy (non-hydrogen) atoms. The van der Waals surface area contributed by atoms with Gasteiger partial charge in [0.15, 0.2) is 0 Å². The summed E-state index contributed by atoms with van der Waals surface area (Å²) in [6.07, 6.45) is -0.825. The number of hydrogen-bond donors (Lipinski definition) is 1. The molecule has 0 radical (unpaired) electrons. The molecule has 0 saturated carbocycles. The van der Waals surface area contributed by atoms with Crippen molar-refractivity contribution in [1.82, 2.24) is 9.80 Å². The van der Waals surface area contributed by atoms with E-state index in [1.165, 1.54) is 0 Å². The molecule has 0 aromatic rings. The molecule has 1 rings (SSSR count). The fourth-order valence-corrected chi connectivity index (χ4v) is 2.30. The van der Waals surface area contributed by atoms with E-state index >= 15 is 0 Å². The number of hydrogen-bond acceptors (Lipinski definition) is 4. The summed E-state index contributed by atoms with van der Waals surface area (Å²) in [6, 6.07) is 0.0209. The number of ether oxygens (including phenoxy) is 1. The first-order valence-corrected chi connectivity index (χ1v) is 6.68. The second-order valence-electron chi connectivity index (χ2n) is 5.74. The molecule has 2 unspecified atom stereocenters. The molecule has 0 aliphatic carbocycles. The van der Waals surface area contributed by atoms with Crippen LogP contribution in [0.3, 0.4) is 0 Å². The molecule has 5 heteroatoms. The first-order valence-electron chi connectivity index (χ1n) is 6.68. The van der Waals surface area contributed by atoms with Gasteiger partial charge in [-0.15, -0.1) is 0 Å². The van der Waals surface area contributed by atoms with Gasteiger partial charge in [-0.3, -0.25) is 4.90 Å². The predicted octanol–water partition coefficient (Wildman–Crippen LogP) is 1.31. The Morgan fingerprint density at radius 1 is 1.33 bits per heavy atom. The van der Waals surface area contributed by atoms with Gasteiger partial charge in [0, 0.05) is 6.54 Å². The van der Waals surface area contributed by atoms with Crippen molar-refractivity contribution in [3.63, 3.8) is 0 Å². The first-order chi connectivity index (χ1) is 8.28. The molecule has 1 amide bonds. The highest BCUT2D eigenvalue weighted by Crippen LogP contribution is 2.19. The van der Waals surface area contributed by atoms with Crippen LogP contribution < -0.4 is 0 Å². The highest BCUT2D eigenvalue weighted by molar-refractivity contribution is 5.68. The van der Waals surface area contributed by atoms with Gasteiger partial charge in [-0.25, -0.2) is 4.79 Å². The number of amides is 1. The Labute approximate surface area is 110 Å². The summed E-state index contributed by atoms with van der Waals surface area (Å²) < 4.78 is 5.32. The van der Waals surface area contributed by atoms with E-state index in [9.17, 15) is 9.90 Å². The van der Waals surface area contributed by atoms with Gasteiger partial charge in [-0.2, -0.15) is 0 Å². The zero-order valence-corrected chi connectivity index (χ0v) is 12.1. The normalized spacial score (nSPS) is 24.7. The van der Waals surface area contributed by atoms with Gasteiger partial charge in [0.1, 0.15) is 5.60 Å². The van der Waals surface area contributed by atoms with Crippen molar-refractivity contribution < 1.29 is 14.6 Å². The maximum absolute atomic E-state index is 11.9. The van der Waals surface area contributed by atoms with Crippen molar-refractivity contribution in [2.24, 2.45) is 0 Å². The molecule has 1 N–H and O–H groups in total. The number of β-amino-alcohol motifs (C(OH)–C–C–N with tert-alkyl or cyclic N) is 1. The number of aliphatic hydroxyl groups excluding tert-OH is 1. The van der Waals surface area contributed by atoms with Crippen molar-refractivity contribution in [2.75, 3.05) is 26.2 Å². The van der Waals surface area contributed by atoms with Crippen molar-refractivity contribution >= 4 is 6.09 Å². The molecule has 1 fully saturated rings. The van der Waals surface area contributed by atoms with Crippen molar-refractivity contribution in [3.05, 3.63) is 0 Å². The van der Waals surface area contributed by atoms with E-state index in [0.717, 1.165) is 13.1 Å². The van der Waals surface area contributed by atoms with Crippen LogP contribution in [0, 0.1) is 0 Å². The van der Waals surface area contributed by atoms with E-state index in [-0.39, 0.29) is 12.1 Å². The molecule has 0 aromatic carbocycles. The molecule has 1 heterocycles. The summed E-state index contributed by atoms with van der Waals surface area (Å²) in [4.78, 5) is 15.7. The number of aliphatic hydroxyl groups is 1. The fraction of sp³-hybridized carbons (Fsp3) is 0.923. The highest BCUT2D eigenvalue weighted by Gasteiger charge is 2.38. The standard InChI is InChI=1S/C13H26N2O3/c1-6-14(7-2)10-8-15(9-11(10)16)12(17)18-13(3,4)5/h10-11,16H,6-9H2,1-5H3. The van der Waals surface area contributed by atoms with Gasteiger partial charge in [-0.1, -0.05) is 13.8 Å². The average molecular weight is 258 g/mol. The Hall–Kier alpha value is -0.810. The molecule has 0 spiro atoms. The lowest BCUT2D eigenvalue weighted by Gasteiger charge is -2.28. The largest absolute Gasteiger partial charge is 0.444 e. The summed E-state index contributed by atoms with van der Waals surface area (Å²) in [6.45, 7) is 12.3. The average Bonchev–Trinajstić information content (AvgIpc) is 2.61. The van der Waals surface area contributed by atoms with Crippen LogP contribution in [0.4, 0.5) is 4.79 Å². The van der Waals surface area contributed by atoms with E-state index in [1.54, 1.807) is 4.90 Å². The van der Waals surface area contributed by atoms with Crippen LogP contribution in [0.15, 0.2) is 0 Å². The molecule has 1 saturated heterocycles. The molecular formula is C13H26N2O3. The Kier molecular flexibility index (Phi) is 4.99. The minimum Gasteiger partial charge on any atom is -0.444 e. The van der Waals surface area contributed by atoms with Crippen molar-refractivity contribution in [3.8, 4) is 0 Å². The van der Waals surface area contributed by atoms with Crippen LogP contribution in [0.25, 0.3) is 0 Å². The monoisotopic (exact) mass is 258 g/mol. The number of likely N-dealkylation sites (N-methyl/N-ethyl adjacent to an activating group) is 1. The topological polar surface area (TPSA) is 53.0 Å². The summed E-state index contributed by atoms with van der Waals surface area (Å²) >= 11 is 0. The maximum Gasteiger partial charge on any atom is 0.410 e. The lowest BCUT2D eigenvalue weighted by Crippen LogP contribution is -2.43. The lowest BCUT2D eigenvalue weighted by atomic mass is 10.2. The third-order valence-corrected chi connectivity index (χ3v) is 3.19. The first kappa shape index (κ1) is 15.2. The highest BCUT2D eigenvalue weighted by atomic mass is 16.6. The zero-order chi connectivity index (χ0) is 13.9. The van der Waals surface area contributed by atoms with Gasteiger partial charge >= 0.3 is 6.09 Å². The van der Waals surface area contributed by atoms with Crippen LogP contribution in [0.5, 0.6) is 0 Å². The van der Waals surface area contributed by atoms with E-state index in [4.69, 9.17) is 4.74 Å². The molecule has 0 aromatic heterocycles. The molecule has 1 aliphatic heterocycles. The number of nitrogens with zero attached hydrogens (tertiary/aromatic N) is 2. The van der Waals surface area contributed by atoms with Gasteiger partial charge in [-0.05, 0) is 33.9 Å². The number of likely N-dealkylation sites (tertiary alicyclic amines) is 1. The maximum atomic E-state index is 11.9. The second-order valence-corrected chi connectivity index (χ2v) is 5.74. The van der Waals surface area contributed by atoms with E-state index in [0.29, 0.717) is 13.1 Å². The summed E-state index contributed by atoms with van der Waals surface area (Å²) in [7, 11) is 0. The van der Waals surface area contributed by atoms with E-state index in [1.807, 2.05) is 20.8 Å². The lowest BCUT2D eigenvalue weighted by molar-refractivity contribution is 0.0269. The third-order valence-electron chi connectivity index (χ3n) is 3.19. The number of carbonyl (C=O) groups excluding carboxylic acids is 1. The summed E-state index contributed by atoms with van der Waals surface area (Å²) in [5, 5.41) is 10.0. The molecule has 1 aliphatic rings. The quantitative estimate of drug-likeness (QED) is 0.829. The predicted molar refractivity (Wildman–Crippen MR) is 70.5 cm³/mol. The van der Waals surface area contributed by atoms with Crippen LogP contribution in [0.1, 0.15) is 34.6 Å². The van der Waals surface area contributed by atoms with Crippen LogP contribution in [-0.4, -0.2) is 64.9 Å². The van der Waals surface area contributed by atoms with Gasteiger partial charge in [0.25, 0.3) is 0 Å². The Balaban J connectivity index is 2.60. The van der Waals surface area contributed by atoms with Crippen LogP contribution in [-0.2, 0) is 4.74 Å². The Morgan fingerprint density at radius 3 is 2.33 bits per heavy atom. The number of rotatable bonds is 3. The van der Waals surface area contributed by atoms with Crippen LogP contribution >= 0.6 is 0 Å². The smallest absolute Gasteiger partial charge is 0.410 e. The molecular weight excluding hydrogens is 232 g/mol. The molecule has 5 nitrogen and oxygen atoms in total. The van der Waals surface area contributed by atoms with Crippen LogP contribution in [0.2, 0.25) is 0 Å². The Bertz CT molecular complexity index is 284. The Morgan fingerprint density at radius 2 is 1.89 bits per heavy atom. The van der Waals surface area contributed by atoms with Gasteiger partial charge in [0.2, 0.25) is 0 Å². The van der Waals surface area contributed by atoms with Gasteiger partial charge in [0.05, 0.1) is 18.7 Å². The summed E-state index contributed by atoms with van der Waals surface area (Å²) in [5.41, 5.74) is -0.491.